The van der Waals surface area contributed by atoms with Gasteiger partial charge in [-0.15, -0.1) is 0 Å². The molecule has 1 amide bonds. The number of amides is 1. The van der Waals surface area contributed by atoms with Gasteiger partial charge in [0.15, 0.2) is 17.2 Å². The van der Waals surface area contributed by atoms with Gasteiger partial charge in [0, 0.05) is 6.20 Å². The Bertz CT molecular complexity index is 1000. The molecule has 1 aliphatic rings. The number of benzene rings is 1. The number of nitrogens with one attached hydrogen (secondary N) is 1. The van der Waals surface area contributed by atoms with Crippen LogP contribution in [0.1, 0.15) is 40.3 Å². The van der Waals surface area contributed by atoms with Crippen molar-refractivity contribution in [2.75, 3.05) is 12.1 Å². The molecule has 2 aromatic rings. The lowest BCUT2D eigenvalue weighted by atomic mass is 10.1. The quantitative estimate of drug-likeness (QED) is 0.768. The van der Waals surface area contributed by atoms with Crippen LogP contribution in [0.3, 0.4) is 0 Å². The van der Waals surface area contributed by atoms with Crippen molar-refractivity contribution in [3.8, 4) is 5.75 Å². The number of rotatable bonds is 5. The van der Waals surface area contributed by atoms with Gasteiger partial charge < -0.3 is 15.1 Å². The van der Waals surface area contributed by atoms with Crippen molar-refractivity contribution in [3.63, 3.8) is 0 Å². The summed E-state index contributed by atoms with van der Waals surface area (Å²) in [6, 6.07) is 6.62. The van der Waals surface area contributed by atoms with Gasteiger partial charge in [0.25, 0.3) is 5.91 Å². The number of ether oxygens (including phenoxy) is 1. The van der Waals surface area contributed by atoms with Gasteiger partial charge in [0.2, 0.25) is 5.43 Å². The van der Waals surface area contributed by atoms with E-state index in [9.17, 15) is 27.6 Å². The number of hydrogen-bond acceptors (Lipinski definition) is 5. The molecule has 10 heteroatoms. The van der Waals surface area contributed by atoms with Crippen molar-refractivity contribution >= 4 is 11.7 Å². The third-order valence-electron chi connectivity index (χ3n) is 4.59. The van der Waals surface area contributed by atoms with Crippen molar-refractivity contribution in [1.82, 2.24) is 9.58 Å². The maximum absolute atomic E-state index is 13.1. The van der Waals surface area contributed by atoms with Gasteiger partial charge in [0.1, 0.15) is 19.3 Å². The molecule has 1 aliphatic heterocycles. The van der Waals surface area contributed by atoms with Gasteiger partial charge in [-0.1, -0.05) is 30.3 Å². The molecule has 154 valence electrons. The van der Waals surface area contributed by atoms with E-state index in [1.54, 1.807) is 30.3 Å². The second-order valence-corrected chi connectivity index (χ2v) is 6.56. The Morgan fingerprint density at radius 2 is 1.90 bits per heavy atom. The van der Waals surface area contributed by atoms with Gasteiger partial charge >= 0.3 is 6.18 Å². The lowest BCUT2D eigenvalue weighted by Gasteiger charge is -2.36. The first-order valence-corrected chi connectivity index (χ1v) is 8.70. The molecule has 0 spiro atoms. The van der Waals surface area contributed by atoms with Crippen molar-refractivity contribution in [3.05, 3.63) is 63.6 Å². The average Bonchev–Trinajstić information content (AvgIpc) is 2.66. The molecule has 0 saturated heterocycles. The Morgan fingerprint density at radius 1 is 1.24 bits per heavy atom. The highest BCUT2D eigenvalue weighted by Crippen LogP contribution is 2.29. The Balaban J connectivity index is 2.07. The zero-order chi connectivity index (χ0) is 21.3. The molecule has 1 aromatic heterocycles. The molecule has 0 bridgehead atoms. The summed E-state index contributed by atoms with van der Waals surface area (Å²) in [7, 11) is 0. The number of fused-ring (bicyclic) bond motifs is 1. The fraction of sp³-hybridized carbons (Fsp3) is 0.316. The van der Waals surface area contributed by atoms with Crippen molar-refractivity contribution < 1.29 is 27.5 Å². The number of nitrogens with zero attached hydrogens (tertiary/aromatic N) is 2. The minimum atomic E-state index is -4.65. The number of ketones is 1. The second kappa shape index (κ2) is 7.61. The summed E-state index contributed by atoms with van der Waals surface area (Å²) in [5.41, 5.74) is 1.80. The molecule has 0 radical (unpaired) electrons. The molecule has 1 aromatic carbocycles. The van der Waals surface area contributed by atoms with Crippen LogP contribution in [0.15, 0.2) is 41.3 Å². The molecule has 1 N–H and O–H groups in total. The third kappa shape index (κ3) is 3.96. The SMILES string of the molecule is CC(=O)c1cn2c(c(OCc3ccccc3)c1=O)C(=O)N([C@H](C)C(F)(F)F)CN2. The minimum absolute atomic E-state index is 0.105. The number of hydrogen-bond donors (Lipinski definition) is 1. The average molecular weight is 409 g/mol. The predicted octanol–water partition coefficient (Wildman–Crippen LogP) is 2.54. The zero-order valence-corrected chi connectivity index (χ0v) is 15.6. The maximum Gasteiger partial charge on any atom is 0.408 e. The second-order valence-electron chi connectivity index (χ2n) is 6.56. The van der Waals surface area contributed by atoms with Gasteiger partial charge in [-0.3, -0.25) is 19.1 Å². The van der Waals surface area contributed by atoms with Crippen LogP contribution >= 0.6 is 0 Å². The van der Waals surface area contributed by atoms with E-state index in [4.69, 9.17) is 4.74 Å². The Morgan fingerprint density at radius 3 is 2.48 bits per heavy atom. The maximum atomic E-state index is 13.1. The fourth-order valence-electron chi connectivity index (χ4n) is 2.88. The summed E-state index contributed by atoms with van der Waals surface area (Å²) in [5, 5.41) is 0. The lowest BCUT2D eigenvalue weighted by Crippen LogP contribution is -2.54. The standard InChI is InChI=1S/C19H18F3N3O4/c1-11(26)14-8-25-15(18(28)24(10-23-25)12(2)19(20,21)22)17(16(14)27)29-9-13-6-4-3-5-7-13/h3-8,12,23H,9-10H2,1-2H3/t12-/m1/s1. The molecular formula is C19H18F3N3O4. The van der Waals surface area contributed by atoms with E-state index < -0.39 is 47.4 Å². The molecule has 29 heavy (non-hydrogen) atoms. The van der Waals surface area contributed by atoms with Gasteiger partial charge in [-0.05, 0) is 19.4 Å². The minimum Gasteiger partial charge on any atom is -0.482 e. The predicted molar refractivity (Wildman–Crippen MR) is 97.4 cm³/mol. The number of aromatic nitrogens is 1. The molecular weight excluding hydrogens is 391 g/mol. The summed E-state index contributed by atoms with van der Waals surface area (Å²) >= 11 is 0. The summed E-state index contributed by atoms with van der Waals surface area (Å²) in [4.78, 5) is 38.0. The van der Waals surface area contributed by atoms with E-state index in [0.717, 1.165) is 17.8 Å². The summed E-state index contributed by atoms with van der Waals surface area (Å²) in [6.07, 6.45) is -3.55. The van der Waals surface area contributed by atoms with Crippen LogP contribution in [-0.4, -0.2) is 40.2 Å². The van der Waals surface area contributed by atoms with E-state index in [-0.39, 0.29) is 12.2 Å². The van der Waals surface area contributed by atoms with Crippen molar-refractivity contribution in [1.29, 1.82) is 0 Å². The van der Waals surface area contributed by atoms with Crippen LogP contribution in [0, 0.1) is 0 Å². The van der Waals surface area contributed by atoms with E-state index in [0.29, 0.717) is 10.5 Å². The lowest BCUT2D eigenvalue weighted by molar-refractivity contribution is -0.172. The van der Waals surface area contributed by atoms with Crippen LogP contribution in [0.2, 0.25) is 0 Å². The van der Waals surface area contributed by atoms with Crippen LogP contribution in [0.4, 0.5) is 13.2 Å². The monoisotopic (exact) mass is 409 g/mol. The van der Waals surface area contributed by atoms with Gasteiger partial charge in [-0.2, -0.15) is 13.2 Å². The molecule has 7 nitrogen and oxygen atoms in total. The topological polar surface area (TPSA) is 80.6 Å². The number of carbonyl (C=O) groups is 2. The largest absolute Gasteiger partial charge is 0.482 e. The number of alkyl halides is 3. The normalized spacial score (nSPS) is 14.8. The smallest absolute Gasteiger partial charge is 0.408 e. The van der Waals surface area contributed by atoms with E-state index in [1.807, 2.05) is 0 Å². The molecule has 3 rings (SSSR count). The highest BCUT2D eigenvalue weighted by molar-refractivity contribution is 5.99. The molecule has 0 unspecified atom stereocenters. The number of carbonyl (C=O) groups excluding carboxylic acids is 2. The van der Waals surface area contributed by atoms with Crippen molar-refractivity contribution in [2.45, 2.75) is 32.7 Å². The summed E-state index contributed by atoms with van der Waals surface area (Å²) in [5.74, 6) is -2.06. The van der Waals surface area contributed by atoms with E-state index >= 15 is 0 Å². The fourth-order valence-corrected chi connectivity index (χ4v) is 2.88. The van der Waals surface area contributed by atoms with Crippen LogP contribution < -0.4 is 15.6 Å². The van der Waals surface area contributed by atoms with E-state index in [1.165, 1.54) is 6.92 Å². The number of Topliss-reactive ketones (excluding diaryl/α,β-unsaturated/α-hetero) is 1. The van der Waals surface area contributed by atoms with Gasteiger partial charge in [0.05, 0.1) is 5.56 Å². The zero-order valence-electron chi connectivity index (χ0n) is 15.6. The highest BCUT2D eigenvalue weighted by Gasteiger charge is 2.45. The first kappa shape index (κ1) is 20.4. The Hall–Kier alpha value is -3.30. The van der Waals surface area contributed by atoms with Crippen LogP contribution in [-0.2, 0) is 6.61 Å². The van der Waals surface area contributed by atoms with Crippen LogP contribution in [0.5, 0.6) is 5.75 Å². The Labute approximate surface area is 163 Å². The van der Waals surface area contributed by atoms with E-state index in [2.05, 4.69) is 5.43 Å². The first-order valence-electron chi connectivity index (χ1n) is 8.70. The first-order chi connectivity index (χ1) is 13.6. The van der Waals surface area contributed by atoms with Gasteiger partial charge in [-0.25, -0.2) is 0 Å². The molecule has 0 fully saturated rings. The highest BCUT2D eigenvalue weighted by atomic mass is 19.4. The molecule has 2 heterocycles. The number of halogens is 3. The number of pyridine rings is 1. The third-order valence-corrected chi connectivity index (χ3v) is 4.59. The molecule has 1 atom stereocenters. The Kier molecular flexibility index (Phi) is 5.36. The summed E-state index contributed by atoms with van der Waals surface area (Å²) in [6.45, 7) is 1.46. The molecule has 0 saturated carbocycles. The van der Waals surface area contributed by atoms with Crippen molar-refractivity contribution in [2.24, 2.45) is 0 Å². The van der Waals surface area contributed by atoms with Crippen LogP contribution in [0.25, 0.3) is 0 Å². The summed E-state index contributed by atoms with van der Waals surface area (Å²) < 4.78 is 46.0. The molecule has 0 aliphatic carbocycles.